The Balaban J connectivity index is 3.51. The Labute approximate surface area is 231 Å². The van der Waals surface area contributed by atoms with E-state index < -0.39 is 6.09 Å². The van der Waals surface area contributed by atoms with E-state index in [4.69, 9.17) is 18.9 Å². The maximum Gasteiger partial charge on any atom is 0.407 e. The summed E-state index contributed by atoms with van der Waals surface area (Å²) in [6.45, 7) is 14.5. The smallest absolute Gasteiger partial charge is 0.407 e. The summed E-state index contributed by atoms with van der Waals surface area (Å²) >= 11 is 0. The molecule has 10 nitrogen and oxygen atoms in total. The Hall–Kier alpha value is -1.36. The van der Waals surface area contributed by atoms with Crippen LogP contribution in [0.4, 0.5) is 9.59 Å². The number of alkyl carbamates (subject to hydrolysis) is 1. The maximum atomic E-state index is 11.8. The number of unbranched alkanes of at least 4 members (excludes halogenated alkanes) is 1. The molecule has 0 aliphatic carbocycles. The molecule has 0 radical (unpaired) electrons. The van der Waals surface area contributed by atoms with Crippen LogP contribution >= 0.6 is 21.6 Å². The van der Waals surface area contributed by atoms with Crippen molar-refractivity contribution in [2.45, 2.75) is 58.1 Å². The van der Waals surface area contributed by atoms with E-state index in [0.29, 0.717) is 65.2 Å². The van der Waals surface area contributed by atoms with Gasteiger partial charge in [0.1, 0.15) is 5.94 Å². The molecule has 0 aromatic heterocycles. The summed E-state index contributed by atoms with van der Waals surface area (Å²) < 4.78 is 21.7. The number of amides is 3. The molecule has 0 saturated heterocycles. The van der Waals surface area contributed by atoms with Crippen LogP contribution in [-0.2, 0) is 18.9 Å². The second-order valence-corrected chi connectivity index (χ2v) is 11.4. The molecule has 4 N–H and O–H groups in total. The average molecular weight is 565 g/mol. The Bertz CT molecular complexity index is 632. The van der Waals surface area contributed by atoms with E-state index in [2.05, 4.69) is 53.9 Å². The van der Waals surface area contributed by atoms with Gasteiger partial charge in [0.2, 0.25) is 0 Å². The lowest BCUT2D eigenvalue weighted by Crippen LogP contribution is -2.36. The highest BCUT2D eigenvalue weighted by Crippen LogP contribution is 2.37. The first-order valence-electron chi connectivity index (χ1n) is 13.0. The van der Waals surface area contributed by atoms with E-state index in [9.17, 15) is 9.59 Å². The molecule has 0 fully saturated rings. The van der Waals surface area contributed by atoms with Crippen LogP contribution in [0.15, 0.2) is 0 Å². The van der Waals surface area contributed by atoms with E-state index in [0.717, 1.165) is 38.8 Å². The third-order valence-corrected chi connectivity index (χ3v) is 7.59. The highest BCUT2D eigenvalue weighted by atomic mass is 33.1. The molecule has 0 atom stereocenters. The topological polar surface area (TPSA) is 119 Å². The average Bonchev–Trinajstić information content (AvgIpc) is 2.86. The molecule has 12 heteroatoms. The number of hydrogen-bond acceptors (Lipinski definition) is 9. The zero-order chi connectivity index (χ0) is 27.5. The zero-order valence-corrected chi connectivity index (χ0v) is 24.7. The van der Waals surface area contributed by atoms with Crippen LogP contribution in [0.5, 0.6) is 0 Å². The summed E-state index contributed by atoms with van der Waals surface area (Å²) in [5, 5.41) is 11.4. The lowest BCUT2D eigenvalue weighted by atomic mass is 10.1. The van der Waals surface area contributed by atoms with Crippen molar-refractivity contribution in [1.29, 1.82) is 0 Å². The van der Waals surface area contributed by atoms with Gasteiger partial charge in [-0.3, -0.25) is 0 Å². The molecule has 216 valence electrons. The minimum atomic E-state index is -0.431. The molecule has 0 saturated carbocycles. The lowest BCUT2D eigenvalue weighted by molar-refractivity contribution is 0.0494. The summed E-state index contributed by atoms with van der Waals surface area (Å²) in [5.41, 5.74) is 0. The predicted octanol–water partition coefficient (Wildman–Crippen LogP) is 3.37. The number of urea groups is 1. The lowest BCUT2D eigenvalue weighted by Gasteiger charge is -2.22. The van der Waals surface area contributed by atoms with Crippen molar-refractivity contribution in [3.05, 3.63) is 0 Å². The van der Waals surface area contributed by atoms with Gasteiger partial charge in [-0.2, -0.15) is 0 Å². The standard InChI is InChI=1S/C25H48N4O6S2/c1-5-7-8-12-27-23(30)28-13-9-10-16-34-22-36-37-25(3,4)11-17-35-24(31)29-15-19-33-21-20-32-18-14-26-6-2/h26H,5-6,9-22H2,1-4H3,(H,29,31)(H2,27,28,30). The van der Waals surface area contributed by atoms with E-state index >= 15 is 0 Å². The van der Waals surface area contributed by atoms with Crippen LogP contribution in [0.25, 0.3) is 0 Å². The number of nitrogens with one attached hydrogen (secondary N) is 4. The number of likely N-dealkylation sites (N-methyl/N-ethyl adjacent to an activating group) is 1. The third kappa shape index (κ3) is 27.5. The summed E-state index contributed by atoms with van der Waals surface area (Å²) in [6, 6.07) is -0.191. The largest absolute Gasteiger partial charge is 0.450 e. The van der Waals surface area contributed by atoms with Crippen LogP contribution in [0.2, 0.25) is 0 Å². The van der Waals surface area contributed by atoms with Crippen LogP contribution in [-0.4, -0.2) is 95.2 Å². The van der Waals surface area contributed by atoms with Gasteiger partial charge in [-0.05, 0) is 39.7 Å². The second-order valence-electron chi connectivity index (χ2n) is 8.40. The Kier molecular flexibility index (Phi) is 25.3. The van der Waals surface area contributed by atoms with Crippen molar-refractivity contribution in [3.8, 4) is 11.8 Å². The molecule has 37 heavy (non-hydrogen) atoms. The minimum absolute atomic E-state index is 0.0527. The summed E-state index contributed by atoms with van der Waals surface area (Å²) in [7, 11) is 3.36. The highest BCUT2D eigenvalue weighted by Gasteiger charge is 2.19. The molecule has 0 aromatic rings. The first kappa shape index (κ1) is 35.6. The Morgan fingerprint density at radius 1 is 0.811 bits per heavy atom. The van der Waals surface area contributed by atoms with Crippen molar-refractivity contribution in [2.24, 2.45) is 0 Å². The predicted molar refractivity (Wildman–Crippen MR) is 153 cm³/mol. The molecular formula is C25H48N4O6S2. The SMILES string of the molecule is CCC#CCNC(=O)NCCCCOCSSC(C)(C)CCOC(=O)NCCOCCOCCNCC. The van der Waals surface area contributed by atoms with Crippen molar-refractivity contribution in [3.63, 3.8) is 0 Å². The number of ether oxygens (including phenoxy) is 4. The van der Waals surface area contributed by atoms with Gasteiger partial charge >= 0.3 is 12.1 Å². The maximum absolute atomic E-state index is 11.8. The molecule has 0 aliphatic rings. The van der Waals surface area contributed by atoms with Crippen molar-refractivity contribution in [2.75, 3.05) is 78.3 Å². The Morgan fingerprint density at radius 3 is 2.30 bits per heavy atom. The van der Waals surface area contributed by atoms with Gasteiger partial charge < -0.3 is 40.2 Å². The van der Waals surface area contributed by atoms with Crippen molar-refractivity contribution in [1.82, 2.24) is 21.3 Å². The van der Waals surface area contributed by atoms with Crippen LogP contribution < -0.4 is 21.3 Å². The molecule has 0 aliphatic heterocycles. The second kappa shape index (κ2) is 26.3. The zero-order valence-electron chi connectivity index (χ0n) is 23.1. The van der Waals surface area contributed by atoms with Gasteiger partial charge in [0, 0.05) is 37.4 Å². The van der Waals surface area contributed by atoms with Crippen LogP contribution in [0.3, 0.4) is 0 Å². The van der Waals surface area contributed by atoms with E-state index in [-0.39, 0.29) is 10.8 Å². The number of hydrogen-bond donors (Lipinski definition) is 4. The molecule has 0 bridgehead atoms. The molecule has 0 rings (SSSR count). The number of rotatable bonds is 23. The first-order valence-corrected chi connectivity index (χ1v) is 15.4. The summed E-state index contributed by atoms with van der Waals surface area (Å²) in [6.07, 6.45) is 2.82. The molecule has 0 aromatic carbocycles. The number of carbonyl (C=O) groups excluding carboxylic acids is 2. The van der Waals surface area contributed by atoms with Crippen LogP contribution in [0.1, 0.15) is 53.4 Å². The number of carbonyl (C=O) groups is 2. The Morgan fingerprint density at radius 2 is 1.57 bits per heavy atom. The van der Waals surface area contributed by atoms with E-state index in [1.807, 2.05) is 6.92 Å². The van der Waals surface area contributed by atoms with Crippen LogP contribution in [0, 0.1) is 11.8 Å². The molecule has 0 heterocycles. The van der Waals surface area contributed by atoms with Crippen molar-refractivity contribution >= 4 is 33.7 Å². The van der Waals surface area contributed by atoms with E-state index in [1.165, 1.54) is 0 Å². The van der Waals surface area contributed by atoms with E-state index in [1.54, 1.807) is 21.6 Å². The summed E-state index contributed by atoms with van der Waals surface area (Å²) in [5.74, 6) is 6.35. The third-order valence-electron chi connectivity index (χ3n) is 4.55. The van der Waals surface area contributed by atoms with Gasteiger partial charge in [-0.15, -0.1) is 5.92 Å². The fourth-order valence-corrected chi connectivity index (χ4v) is 4.81. The van der Waals surface area contributed by atoms with Gasteiger partial charge in [0.05, 0.1) is 39.6 Å². The van der Waals surface area contributed by atoms with Gasteiger partial charge in [0.15, 0.2) is 0 Å². The highest BCUT2D eigenvalue weighted by molar-refractivity contribution is 8.77. The van der Waals surface area contributed by atoms with Gasteiger partial charge in [0.25, 0.3) is 0 Å². The summed E-state index contributed by atoms with van der Waals surface area (Å²) in [4.78, 5) is 23.3. The molecule has 0 unspecified atom stereocenters. The van der Waals surface area contributed by atoms with Crippen molar-refractivity contribution < 1.29 is 28.5 Å². The quantitative estimate of drug-likeness (QED) is 0.0641. The minimum Gasteiger partial charge on any atom is -0.450 e. The first-order chi connectivity index (χ1) is 17.9. The fraction of sp³-hybridized carbons (Fsp3) is 0.840. The molecular weight excluding hydrogens is 516 g/mol. The normalized spacial score (nSPS) is 10.9. The molecule has 3 amide bonds. The monoisotopic (exact) mass is 564 g/mol. The van der Waals surface area contributed by atoms with Gasteiger partial charge in [-0.1, -0.05) is 41.4 Å². The van der Waals surface area contributed by atoms with Gasteiger partial charge in [-0.25, -0.2) is 9.59 Å². The molecule has 0 spiro atoms. The fourth-order valence-electron chi connectivity index (χ4n) is 2.53.